The predicted octanol–water partition coefficient (Wildman–Crippen LogP) is 1.75. The van der Waals surface area contributed by atoms with Gasteiger partial charge in [-0.25, -0.2) is 0 Å². The number of aromatic nitrogens is 1. The minimum atomic E-state index is -0.763. The number of methoxy groups -OCH3 is 1. The summed E-state index contributed by atoms with van der Waals surface area (Å²) in [5, 5.41) is 0. The Bertz CT molecular complexity index is 596. The van der Waals surface area contributed by atoms with Gasteiger partial charge in [0.1, 0.15) is 0 Å². The minimum absolute atomic E-state index is 0. The van der Waals surface area contributed by atoms with Crippen LogP contribution in [-0.2, 0) is 33.1 Å². The van der Waals surface area contributed by atoms with E-state index in [9.17, 15) is 4.79 Å². The second-order valence-corrected chi connectivity index (χ2v) is 5.65. The number of pyridine rings is 1. The molecule has 2 aliphatic rings. The van der Waals surface area contributed by atoms with Crippen LogP contribution in [0.15, 0.2) is 10.9 Å². The molecule has 1 N–H and O–H groups in total. The van der Waals surface area contributed by atoms with Crippen LogP contribution in [0.2, 0.25) is 0 Å². The molecule has 119 valence electrons. The Kier molecular flexibility index (Phi) is 6.26. The van der Waals surface area contributed by atoms with Crippen LogP contribution in [-0.4, -0.2) is 31.5 Å². The van der Waals surface area contributed by atoms with Gasteiger partial charge in [0.2, 0.25) is 5.79 Å². The van der Waals surface area contributed by atoms with Crippen LogP contribution in [0.4, 0.5) is 0 Å². The van der Waals surface area contributed by atoms with E-state index in [1.807, 2.05) is 13.0 Å². The van der Waals surface area contributed by atoms with E-state index in [0.29, 0.717) is 38.3 Å². The fourth-order valence-corrected chi connectivity index (χ4v) is 3.34. The molecule has 1 radical (unpaired) electrons. The normalized spacial score (nSPS) is 20.0. The average molecular weight is 520 g/mol. The van der Waals surface area contributed by atoms with Gasteiger partial charge in [0.15, 0.2) is 0 Å². The maximum atomic E-state index is 12.7. The summed E-state index contributed by atoms with van der Waals surface area (Å²) in [6.45, 7) is 4.20. The van der Waals surface area contributed by atoms with E-state index in [0.717, 1.165) is 11.3 Å². The van der Waals surface area contributed by atoms with E-state index >= 15 is 0 Å². The fourth-order valence-electron chi connectivity index (χ4n) is 3.34. The molecule has 1 aromatic rings. The van der Waals surface area contributed by atoms with Crippen LogP contribution < -0.4 is 5.56 Å². The van der Waals surface area contributed by atoms with Crippen LogP contribution in [0.3, 0.4) is 0 Å². The molecule has 6 nitrogen and oxygen atoms in total. The minimum Gasteiger partial charge on any atom is -0.673 e. The molecule has 0 aromatic carbocycles. The monoisotopic (exact) mass is 520 g/mol. The predicted molar refractivity (Wildman–Crippen MR) is 77.2 cm³/mol. The van der Waals surface area contributed by atoms with Gasteiger partial charge in [0.05, 0.1) is 25.5 Å². The molecule has 1 aromatic heterocycles. The van der Waals surface area contributed by atoms with Crippen molar-refractivity contribution in [2.45, 2.75) is 38.1 Å². The van der Waals surface area contributed by atoms with Gasteiger partial charge >= 0.3 is 0 Å². The number of ether oxygens (including phenoxy) is 3. The van der Waals surface area contributed by atoms with E-state index in [4.69, 9.17) is 19.9 Å². The number of nitrogens with zero attached hydrogens (tertiary/aromatic N) is 1. The van der Waals surface area contributed by atoms with Gasteiger partial charge < -0.3 is 24.5 Å². The van der Waals surface area contributed by atoms with Crippen LogP contribution in [0, 0.1) is 44.1 Å². The summed E-state index contributed by atoms with van der Waals surface area (Å²) in [4.78, 5) is 12.7. The Hall–Kier alpha value is 0.232. The zero-order valence-corrected chi connectivity index (χ0v) is 17.8. The van der Waals surface area contributed by atoms with E-state index in [2.05, 4.69) is 0 Å². The number of nitrogens with one attached hydrogen (secondary N) is 1. The van der Waals surface area contributed by atoms with Crippen LogP contribution >= 0.6 is 0 Å². The SMILES string of the molecule is COCC(C)c1cc2n(c(=O)c1C[NH-])CCC21OCCO1.[Ac]. The van der Waals surface area contributed by atoms with Gasteiger partial charge in [-0.1, -0.05) is 6.92 Å². The van der Waals surface area contributed by atoms with Crippen LogP contribution in [0.25, 0.3) is 5.73 Å². The van der Waals surface area contributed by atoms with Crippen molar-refractivity contribution >= 4 is 0 Å². The zero-order chi connectivity index (χ0) is 15.0. The molecule has 7 heteroatoms. The third-order valence-corrected chi connectivity index (χ3v) is 4.37. The van der Waals surface area contributed by atoms with E-state index in [1.54, 1.807) is 11.7 Å². The fraction of sp³-hybridized carbons (Fsp3) is 0.667. The van der Waals surface area contributed by atoms with Gasteiger partial charge in [-0.15, -0.1) is 6.54 Å². The van der Waals surface area contributed by atoms with Crippen molar-refractivity contribution in [3.63, 3.8) is 0 Å². The molecular weight excluding hydrogens is 499 g/mol. The van der Waals surface area contributed by atoms with Crippen molar-refractivity contribution in [3.05, 3.63) is 39.0 Å². The smallest absolute Gasteiger partial charge is 0.252 e. The molecular formula is C15H21AcN2O4-. The molecule has 2 aliphatic heterocycles. The standard InChI is InChI=1S/C15H21N2O4.Ac/c1-10(9-19-2)11-7-13-15(20-5-6-21-15)3-4-17(13)14(18)12(11)8-16;/h7,10,16H,3-6,8-9H2,1-2H3;/q-1;. The number of fused-ring (bicyclic) bond motifs is 2. The summed E-state index contributed by atoms with van der Waals surface area (Å²) in [5.74, 6) is -0.700. The van der Waals surface area contributed by atoms with Gasteiger partial charge in [-0.2, -0.15) is 0 Å². The van der Waals surface area contributed by atoms with Crippen molar-refractivity contribution in [1.29, 1.82) is 0 Å². The largest absolute Gasteiger partial charge is 0.673 e. The Morgan fingerprint density at radius 3 is 2.73 bits per heavy atom. The average Bonchev–Trinajstić information content (AvgIpc) is 3.08. The summed E-state index contributed by atoms with van der Waals surface area (Å²) in [6, 6.07) is 1.98. The van der Waals surface area contributed by atoms with E-state index in [1.165, 1.54) is 0 Å². The first-order valence-electron chi connectivity index (χ1n) is 7.31. The Morgan fingerprint density at radius 2 is 2.14 bits per heavy atom. The van der Waals surface area contributed by atoms with Crippen molar-refractivity contribution < 1.29 is 58.3 Å². The molecule has 22 heavy (non-hydrogen) atoms. The third kappa shape index (κ3) is 2.97. The van der Waals surface area contributed by atoms with Crippen LogP contribution in [0.5, 0.6) is 0 Å². The summed E-state index contributed by atoms with van der Waals surface area (Å²) in [5.41, 5.74) is 9.84. The van der Waals surface area contributed by atoms with E-state index in [-0.39, 0.29) is 62.1 Å². The molecule has 3 heterocycles. The van der Waals surface area contributed by atoms with Crippen molar-refractivity contribution in [2.75, 3.05) is 26.9 Å². The van der Waals surface area contributed by atoms with E-state index < -0.39 is 5.79 Å². The third-order valence-electron chi connectivity index (χ3n) is 4.37. The Balaban J connectivity index is 0.00000176. The number of hydrogen-bond acceptors (Lipinski definition) is 4. The molecule has 0 bridgehead atoms. The quantitative estimate of drug-likeness (QED) is 0.607. The number of hydrogen-bond donors (Lipinski definition) is 0. The maximum Gasteiger partial charge on any atom is 0.252 e. The first kappa shape index (κ1) is 18.6. The van der Waals surface area contributed by atoms with Crippen molar-refractivity contribution in [2.24, 2.45) is 0 Å². The number of rotatable bonds is 4. The second-order valence-electron chi connectivity index (χ2n) is 5.65. The molecule has 1 spiro atoms. The summed E-state index contributed by atoms with van der Waals surface area (Å²) in [7, 11) is 1.64. The van der Waals surface area contributed by atoms with Crippen molar-refractivity contribution in [1.82, 2.24) is 4.57 Å². The molecule has 0 aliphatic carbocycles. The molecule has 0 saturated carbocycles. The van der Waals surface area contributed by atoms with Crippen LogP contribution in [0.1, 0.15) is 36.1 Å². The zero-order valence-electron chi connectivity index (χ0n) is 13.1. The van der Waals surface area contributed by atoms with Gasteiger partial charge in [0, 0.05) is 75.6 Å². The first-order valence-corrected chi connectivity index (χ1v) is 7.31. The maximum absolute atomic E-state index is 12.7. The summed E-state index contributed by atoms with van der Waals surface area (Å²) in [6.07, 6.45) is 0.655. The molecule has 1 fully saturated rings. The second kappa shape index (κ2) is 7.42. The van der Waals surface area contributed by atoms with Gasteiger partial charge in [0.25, 0.3) is 5.56 Å². The van der Waals surface area contributed by atoms with Gasteiger partial charge in [-0.3, -0.25) is 4.79 Å². The Labute approximate surface area is 165 Å². The van der Waals surface area contributed by atoms with Gasteiger partial charge in [-0.05, 0) is 11.6 Å². The summed E-state index contributed by atoms with van der Waals surface area (Å²) >= 11 is 0. The topological polar surface area (TPSA) is 73.5 Å². The summed E-state index contributed by atoms with van der Waals surface area (Å²) < 4.78 is 18.5. The van der Waals surface area contributed by atoms with Crippen molar-refractivity contribution in [3.8, 4) is 0 Å². The Morgan fingerprint density at radius 1 is 1.45 bits per heavy atom. The molecule has 1 atom stereocenters. The first-order chi connectivity index (χ1) is 10.1. The molecule has 3 rings (SSSR count). The molecule has 0 amide bonds. The molecule has 1 saturated heterocycles. The molecule has 1 unspecified atom stereocenters.